The number of rotatable bonds is 13. The number of alkyl halides is 3. The van der Waals surface area contributed by atoms with E-state index in [-0.39, 0.29) is 13.2 Å². The molecule has 1 atom stereocenters. The topological polar surface area (TPSA) is 71.1 Å². The third-order valence-corrected chi connectivity index (χ3v) is 4.41. The Morgan fingerprint density at radius 3 is 1.79 bits per heavy atom. The highest BCUT2D eigenvalue weighted by atomic mass is 31.2. The van der Waals surface area contributed by atoms with Crippen LogP contribution in [0.15, 0.2) is 0 Å². The Balaban J connectivity index is 4.98. The molecule has 24 heavy (non-hydrogen) atoms. The molecule has 6 nitrogen and oxygen atoms in total. The van der Waals surface area contributed by atoms with E-state index in [2.05, 4.69) is 9.26 Å². The molecule has 0 radical (unpaired) electrons. The van der Waals surface area contributed by atoms with Crippen molar-refractivity contribution in [2.45, 2.75) is 64.7 Å². The van der Waals surface area contributed by atoms with Crippen molar-refractivity contribution >= 4 is 13.8 Å². The third kappa shape index (κ3) is 9.61. The van der Waals surface area contributed by atoms with Gasteiger partial charge in [-0.15, -0.1) is 0 Å². The maximum atomic E-state index is 12.9. The minimum absolute atomic E-state index is 0.0926. The maximum absolute atomic E-state index is 12.9. The van der Waals surface area contributed by atoms with Crippen molar-refractivity contribution in [2.24, 2.45) is 0 Å². The molecular weight excluding hydrogens is 352 g/mol. The van der Waals surface area contributed by atoms with E-state index in [1.54, 1.807) is 0 Å². The van der Waals surface area contributed by atoms with Crippen molar-refractivity contribution in [1.82, 2.24) is 0 Å². The summed E-state index contributed by atoms with van der Waals surface area (Å²) in [7, 11) is -3.76. The normalized spacial score (nSPS) is 13.8. The Kier molecular flexibility index (Phi) is 11.5. The van der Waals surface area contributed by atoms with E-state index in [0.717, 1.165) is 32.8 Å². The number of carbonyl (C=O) groups is 1. The van der Waals surface area contributed by atoms with Crippen LogP contribution in [0.3, 0.4) is 0 Å². The largest absolute Gasteiger partial charge is 0.475 e. The number of phosphoric ester groups is 1. The van der Waals surface area contributed by atoms with Gasteiger partial charge >= 0.3 is 20.0 Å². The molecule has 0 aromatic carbocycles. The molecular formula is C14H26F3O6P. The standard InChI is InChI=1S/C14H26F3O6P/c1-4-6-8-10-21-24(19,22-11-9-7-5-2)23-12(13(18)20-3)14(15,16)17/h12H,4-11H2,1-3H3. The molecule has 0 rings (SSSR count). The number of unbranched alkanes of at least 4 members (excludes halogenated alkanes) is 4. The van der Waals surface area contributed by atoms with Crippen molar-refractivity contribution < 1.29 is 40.8 Å². The van der Waals surface area contributed by atoms with Crippen molar-refractivity contribution in [1.29, 1.82) is 0 Å². The first kappa shape index (κ1) is 23.4. The molecule has 0 aliphatic carbocycles. The van der Waals surface area contributed by atoms with Gasteiger partial charge in [-0.2, -0.15) is 13.2 Å². The van der Waals surface area contributed by atoms with Gasteiger partial charge in [-0.3, -0.25) is 13.6 Å². The van der Waals surface area contributed by atoms with Crippen LogP contribution in [-0.4, -0.2) is 38.6 Å². The lowest BCUT2D eigenvalue weighted by Crippen LogP contribution is -2.39. The van der Waals surface area contributed by atoms with E-state index in [1.165, 1.54) is 0 Å². The van der Waals surface area contributed by atoms with Gasteiger partial charge in [-0.1, -0.05) is 39.5 Å². The molecule has 1 unspecified atom stereocenters. The Hall–Kier alpha value is -0.630. The van der Waals surface area contributed by atoms with Gasteiger partial charge in [-0.25, -0.2) is 9.36 Å². The van der Waals surface area contributed by atoms with E-state index in [9.17, 15) is 22.5 Å². The van der Waals surface area contributed by atoms with Gasteiger partial charge in [0.05, 0.1) is 20.3 Å². The summed E-state index contributed by atoms with van der Waals surface area (Å²) in [5.41, 5.74) is 0. The second-order valence-electron chi connectivity index (χ2n) is 5.08. The number of phosphoric acid groups is 1. The average molecular weight is 378 g/mol. The van der Waals surface area contributed by atoms with Gasteiger partial charge in [-0.05, 0) is 12.8 Å². The van der Waals surface area contributed by atoms with Crippen LogP contribution in [0.2, 0.25) is 0 Å². The summed E-state index contributed by atoms with van der Waals surface area (Å²) in [6.45, 7) is 3.66. The molecule has 0 N–H and O–H groups in total. The molecule has 0 aliphatic rings. The van der Waals surface area contributed by atoms with E-state index in [1.807, 2.05) is 13.8 Å². The average Bonchev–Trinajstić information content (AvgIpc) is 2.52. The van der Waals surface area contributed by atoms with Crippen LogP contribution in [-0.2, 0) is 27.7 Å². The van der Waals surface area contributed by atoms with Crippen LogP contribution >= 0.6 is 7.82 Å². The molecule has 0 saturated carbocycles. The lowest BCUT2D eigenvalue weighted by atomic mass is 10.3. The van der Waals surface area contributed by atoms with Crippen molar-refractivity contribution in [3.05, 3.63) is 0 Å². The predicted octanol–water partition coefficient (Wildman–Crippen LogP) is 4.63. The van der Waals surface area contributed by atoms with E-state index < -0.39 is 26.1 Å². The Labute approximate surface area is 140 Å². The molecule has 0 spiro atoms. The highest BCUT2D eigenvalue weighted by Gasteiger charge is 2.51. The smallest absolute Gasteiger partial charge is 0.467 e. The second-order valence-corrected chi connectivity index (χ2v) is 6.70. The summed E-state index contributed by atoms with van der Waals surface area (Å²) in [6, 6.07) is 0. The second kappa shape index (κ2) is 11.8. The molecule has 0 bridgehead atoms. The lowest BCUT2D eigenvalue weighted by molar-refractivity contribution is -0.213. The van der Waals surface area contributed by atoms with Crippen molar-refractivity contribution in [3.8, 4) is 0 Å². The summed E-state index contributed by atoms with van der Waals surface area (Å²) in [6.07, 6.45) is -3.97. The van der Waals surface area contributed by atoms with E-state index in [0.29, 0.717) is 12.8 Å². The van der Waals surface area contributed by atoms with Gasteiger partial charge in [0.25, 0.3) is 6.10 Å². The van der Waals surface area contributed by atoms with E-state index in [4.69, 9.17) is 9.05 Å². The zero-order chi connectivity index (χ0) is 18.6. The summed E-state index contributed by atoms with van der Waals surface area (Å²) >= 11 is 0. The van der Waals surface area contributed by atoms with E-state index >= 15 is 0 Å². The minimum atomic E-state index is -5.09. The first-order chi connectivity index (χ1) is 11.2. The Bertz CT molecular complexity index is 386. The predicted molar refractivity (Wildman–Crippen MR) is 81.5 cm³/mol. The first-order valence-electron chi connectivity index (χ1n) is 7.92. The fraction of sp³-hybridized carbons (Fsp3) is 0.929. The van der Waals surface area contributed by atoms with Gasteiger partial charge in [0.2, 0.25) is 0 Å². The number of ether oxygens (including phenoxy) is 1. The van der Waals surface area contributed by atoms with Crippen molar-refractivity contribution in [3.63, 3.8) is 0 Å². The number of carbonyl (C=O) groups excluding carboxylic acids is 1. The van der Waals surface area contributed by atoms with Crippen molar-refractivity contribution in [2.75, 3.05) is 20.3 Å². The molecule has 0 aliphatic heterocycles. The van der Waals surface area contributed by atoms with Crippen LogP contribution in [0.25, 0.3) is 0 Å². The van der Waals surface area contributed by atoms with Crippen LogP contribution in [0.4, 0.5) is 13.2 Å². The van der Waals surface area contributed by atoms with Crippen LogP contribution in [0.5, 0.6) is 0 Å². The number of halogens is 3. The van der Waals surface area contributed by atoms with Crippen LogP contribution in [0.1, 0.15) is 52.4 Å². The zero-order valence-electron chi connectivity index (χ0n) is 14.3. The molecule has 144 valence electrons. The van der Waals surface area contributed by atoms with Crippen LogP contribution < -0.4 is 0 Å². The Morgan fingerprint density at radius 2 is 1.46 bits per heavy atom. The number of hydrogen-bond donors (Lipinski definition) is 0. The zero-order valence-corrected chi connectivity index (χ0v) is 15.2. The third-order valence-electron chi connectivity index (χ3n) is 2.94. The van der Waals surface area contributed by atoms with Gasteiger partial charge in [0, 0.05) is 0 Å². The van der Waals surface area contributed by atoms with Gasteiger partial charge < -0.3 is 4.74 Å². The molecule has 0 heterocycles. The minimum Gasteiger partial charge on any atom is -0.467 e. The lowest BCUT2D eigenvalue weighted by Gasteiger charge is -2.24. The molecule has 0 aromatic rings. The summed E-state index contributed by atoms with van der Waals surface area (Å²) in [4.78, 5) is 11.3. The van der Waals surface area contributed by atoms with Crippen LogP contribution in [0, 0.1) is 0 Å². The number of esters is 1. The fourth-order valence-corrected chi connectivity index (χ4v) is 2.99. The maximum Gasteiger partial charge on any atom is 0.475 e. The number of methoxy groups -OCH3 is 1. The molecule has 0 amide bonds. The van der Waals surface area contributed by atoms with Gasteiger partial charge in [0.1, 0.15) is 0 Å². The highest BCUT2D eigenvalue weighted by Crippen LogP contribution is 2.52. The van der Waals surface area contributed by atoms with Gasteiger partial charge in [0.15, 0.2) is 0 Å². The molecule has 0 aromatic heterocycles. The molecule has 0 saturated heterocycles. The molecule has 0 fully saturated rings. The quantitative estimate of drug-likeness (QED) is 0.264. The fourth-order valence-electron chi connectivity index (χ4n) is 1.63. The number of hydrogen-bond acceptors (Lipinski definition) is 6. The monoisotopic (exact) mass is 378 g/mol. The summed E-state index contributed by atoms with van der Waals surface area (Å²) in [5.74, 6) is -1.71. The Morgan fingerprint density at radius 1 is 1.00 bits per heavy atom. The first-order valence-corrected chi connectivity index (χ1v) is 9.38. The molecule has 10 heteroatoms. The highest BCUT2D eigenvalue weighted by molar-refractivity contribution is 7.48. The summed E-state index contributed by atoms with van der Waals surface area (Å²) < 4.78 is 69.5. The SMILES string of the molecule is CCCCCOP(=O)(OCCCCC)OC(C(=O)OC)C(F)(F)F. The summed E-state index contributed by atoms with van der Waals surface area (Å²) in [5, 5.41) is 0.